The predicted molar refractivity (Wildman–Crippen MR) is 70.1 cm³/mol. The lowest BCUT2D eigenvalue weighted by Crippen LogP contribution is -2.36. The van der Waals surface area contributed by atoms with Crippen LogP contribution in [-0.4, -0.2) is 51.6 Å². The first-order valence-electron chi connectivity index (χ1n) is 6.18. The summed E-state index contributed by atoms with van der Waals surface area (Å²) >= 11 is 0. The zero-order chi connectivity index (χ0) is 13.5. The van der Waals surface area contributed by atoms with E-state index in [1.165, 1.54) is 7.11 Å². The third-order valence-electron chi connectivity index (χ3n) is 2.72. The van der Waals surface area contributed by atoms with Gasteiger partial charge in [0.25, 0.3) is 0 Å². The first kappa shape index (κ1) is 13.9. The molecule has 0 spiro atoms. The molecule has 2 rings (SSSR count). The second-order valence-electron chi connectivity index (χ2n) is 4.02. The highest BCUT2D eigenvalue weighted by atomic mass is 17.2. The number of rotatable bonds is 6. The highest BCUT2D eigenvalue weighted by Crippen LogP contribution is 2.23. The standard InChI is InChI=1S/C12H19N3O4/c1-16-19-7-6-18-12-9-10(8-11(13)14-12)15-2-4-17-5-3-15/h8-9H,2-7H2,1H3,(H2,13,14). The van der Waals surface area contributed by atoms with Gasteiger partial charge in [-0.2, -0.15) is 4.98 Å². The van der Waals surface area contributed by atoms with Crippen LogP contribution in [0, 0.1) is 0 Å². The molecule has 2 heterocycles. The van der Waals surface area contributed by atoms with Crippen molar-refractivity contribution in [1.82, 2.24) is 4.98 Å². The van der Waals surface area contributed by atoms with E-state index < -0.39 is 0 Å². The Hall–Kier alpha value is -1.57. The molecule has 0 saturated carbocycles. The van der Waals surface area contributed by atoms with E-state index in [1.54, 1.807) is 0 Å². The maximum atomic E-state index is 5.79. The Kier molecular flexibility index (Phi) is 5.20. The molecule has 7 heteroatoms. The number of aromatic nitrogens is 1. The lowest BCUT2D eigenvalue weighted by molar-refractivity contribution is -0.275. The monoisotopic (exact) mass is 269 g/mol. The fraction of sp³-hybridized carbons (Fsp3) is 0.583. The number of nitrogens with zero attached hydrogens (tertiary/aromatic N) is 2. The lowest BCUT2D eigenvalue weighted by Gasteiger charge is -2.29. The van der Waals surface area contributed by atoms with E-state index in [4.69, 9.17) is 20.1 Å². The molecule has 1 aromatic heterocycles. The minimum absolute atomic E-state index is 0.333. The van der Waals surface area contributed by atoms with E-state index in [0.29, 0.717) is 24.9 Å². The summed E-state index contributed by atoms with van der Waals surface area (Å²) in [6.45, 7) is 3.82. The average Bonchev–Trinajstić information content (AvgIpc) is 2.44. The first-order valence-corrected chi connectivity index (χ1v) is 6.18. The van der Waals surface area contributed by atoms with Gasteiger partial charge < -0.3 is 20.1 Å². The smallest absolute Gasteiger partial charge is 0.217 e. The molecule has 1 fully saturated rings. The van der Waals surface area contributed by atoms with Crippen LogP contribution in [0.2, 0.25) is 0 Å². The quantitative estimate of drug-likeness (QED) is 0.456. The summed E-state index contributed by atoms with van der Waals surface area (Å²) in [6.07, 6.45) is 0. The Balaban J connectivity index is 1.97. The zero-order valence-corrected chi connectivity index (χ0v) is 11.0. The zero-order valence-electron chi connectivity index (χ0n) is 11.0. The van der Waals surface area contributed by atoms with Crippen LogP contribution in [0.25, 0.3) is 0 Å². The Bertz CT molecular complexity index is 397. The summed E-state index contributed by atoms with van der Waals surface area (Å²) in [7, 11) is 1.45. The van der Waals surface area contributed by atoms with Crippen molar-refractivity contribution in [3.63, 3.8) is 0 Å². The fourth-order valence-corrected chi connectivity index (χ4v) is 1.85. The van der Waals surface area contributed by atoms with Gasteiger partial charge in [0.2, 0.25) is 5.88 Å². The van der Waals surface area contributed by atoms with Crippen molar-refractivity contribution >= 4 is 11.5 Å². The largest absolute Gasteiger partial charge is 0.475 e. The molecule has 0 atom stereocenters. The van der Waals surface area contributed by atoms with Gasteiger partial charge >= 0.3 is 0 Å². The molecule has 1 saturated heterocycles. The van der Waals surface area contributed by atoms with E-state index in [1.807, 2.05) is 12.1 Å². The van der Waals surface area contributed by atoms with Gasteiger partial charge in [0.1, 0.15) is 19.0 Å². The molecule has 19 heavy (non-hydrogen) atoms. The first-order chi connectivity index (χ1) is 9.29. The molecule has 0 aliphatic carbocycles. The number of pyridine rings is 1. The molecule has 1 aliphatic rings. The normalized spacial score (nSPS) is 15.5. The van der Waals surface area contributed by atoms with Crippen LogP contribution in [0.3, 0.4) is 0 Å². The Labute approximate surface area is 112 Å². The van der Waals surface area contributed by atoms with E-state index >= 15 is 0 Å². The second kappa shape index (κ2) is 7.13. The molecule has 0 bridgehead atoms. The topological polar surface area (TPSA) is 79.1 Å². The summed E-state index contributed by atoms with van der Waals surface area (Å²) in [6, 6.07) is 3.71. The Morgan fingerprint density at radius 2 is 2.11 bits per heavy atom. The summed E-state index contributed by atoms with van der Waals surface area (Å²) in [5, 5.41) is 0. The van der Waals surface area contributed by atoms with Crippen LogP contribution in [0.4, 0.5) is 11.5 Å². The van der Waals surface area contributed by atoms with Gasteiger partial charge in [-0.1, -0.05) is 0 Å². The number of nitrogen functional groups attached to an aromatic ring is 1. The summed E-state index contributed by atoms with van der Waals surface area (Å²) in [5.41, 5.74) is 6.79. The molecular weight excluding hydrogens is 250 g/mol. The van der Waals surface area contributed by atoms with E-state index in [0.717, 1.165) is 32.0 Å². The number of ether oxygens (including phenoxy) is 2. The van der Waals surface area contributed by atoms with E-state index in [2.05, 4.69) is 14.8 Å². The van der Waals surface area contributed by atoms with Gasteiger partial charge in [0.05, 0.1) is 20.3 Å². The van der Waals surface area contributed by atoms with Gasteiger partial charge in [-0.15, -0.1) is 0 Å². The molecule has 0 aromatic carbocycles. The highest BCUT2D eigenvalue weighted by Gasteiger charge is 2.13. The Morgan fingerprint density at radius 3 is 2.84 bits per heavy atom. The van der Waals surface area contributed by atoms with Crippen molar-refractivity contribution in [2.75, 3.05) is 57.3 Å². The molecule has 1 aromatic rings. The predicted octanol–water partition coefficient (Wildman–Crippen LogP) is 0.457. The molecule has 2 N–H and O–H groups in total. The van der Waals surface area contributed by atoms with Crippen molar-refractivity contribution in [3.05, 3.63) is 12.1 Å². The number of hydrogen-bond acceptors (Lipinski definition) is 7. The number of anilines is 2. The maximum absolute atomic E-state index is 5.79. The van der Waals surface area contributed by atoms with Crippen LogP contribution in [-0.2, 0) is 14.5 Å². The van der Waals surface area contributed by atoms with Crippen LogP contribution in [0.5, 0.6) is 5.88 Å². The summed E-state index contributed by atoms with van der Waals surface area (Å²) < 4.78 is 10.8. The minimum atomic E-state index is 0.333. The van der Waals surface area contributed by atoms with Crippen molar-refractivity contribution in [1.29, 1.82) is 0 Å². The van der Waals surface area contributed by atoms with Gasteiger partial charge in [-0.05, 0) is 0 Å². The van der Waals surface area contributed by atoms with Crippen LogP contribution < -0.4 is 15.4 Å². The van der Waals surface area contributed by atoms with Crippen LogP contribution in [0.15, 0.2) is 12.1 Å². The molecular formula is C12H19N3O4. The highest BCUT2D eigenvalue weighted by molar-refractivity contribution is 5.55. The summed E-state index contributed by atoms with van der Waals surface area (Å²) in [5.74, 6) is 0.924. The van der Waals surface area contributed by atoms with Gasteiger partial charge in [0, 0.05) is 30.9 Å². The molecule has 7 nitrogen and oxygen atoms in total. The second-order valence-corrected chi connectivity index (χ2v) is 4.02. The number of nitrogens with two attached hydrogens (primary N) is 1. The van der Waals surface area contributed by atoms with Crippen LogP contribution >= 0.6 is 0 Å². The van der Waals surface area contributed by atoms with Gasteiger partial charge in [0.15, 0.2) is 0 Å². The fourth-order valence-electron chi connectivity index (χ4n) is 1.85. The molecule has 0 amide bonds. The van der Waals surface area contributed by atoms with Gasteiger partial charge in [-0.3, -0.25) is 0 Å². The third-order valence-corrected chi connectivity index (χ3v) is 2.72. The summed E-state index contributed by atoms with van der Waals surface area (Å²) in [4.78, 5) is 15.5. The minimum Gasteiger partial charge on any atom is -0.475 e. The van der Waals surface area contributed by atoms with Crippen LogP contribution in [0.1, 0.15) is 0 Å². The lowest BCUT2D eigenvalue weighted by atomic mass is 10.3. The number of hydrogen-bond donors (Lipinski definition) is 1. The SMILES string of the molecule is COOCCOc1cc(N2CCOCC2)cc(N)n1. The maximum Gasteiger partial charge on any atom is 0.217 e. The number of morpholine rings is 1. The molecule has 0 unspecified atom stereocenters. The third kappa shape index (κ3) is 4.23. The average molecular weight is 269 g/mol. The van der Waals surface area contributed by atoms with E-state index in [9.17, 15) is 0 Å². The molecule has 1 aliphatic heterocycles. The molecule has 0 radical (unpaired) electrons. The van der Waals surface area contributed by atoms with Crippen molar-refractivity contribution in [3.8, 4) is 5.88 Å². The van der Waals surface area contributed by atoms with Crippen molar-refractivity contribution in [2.45, 2.75) is 0 Å². The Morgan fingerprint density at radius 1 is 1.32 bits per heavy atom. The van der Waals surface area contributed by atoms with Crippen molar-refractivity contribution < 1.29 is 19.2 Å². The van der Waals surface area contributed by atoms with E-state index in [-0.39, 0.29) is 0 Å². The van der Waals surface area contributed by atoms with Crippen molar-refractivity contribution in [2.24, 2.45) is 0 Å². The molecule has 106 valence electrons. The van der Waals surface area contributed by atoms with Gasteiger partial charge in [-0.25, -0.2) is 9.78 Å².